The predicted octanol–water partition coefficient (Wildman–Crippen LogP) is 1.75. The molecule has 0 bridgehead atoms. The molecule has 0 radical (unpaired) electrons. The van der Waals surface area contributed by atoms with E-state index in [0.717, 1.165) is 32.7 Å². The second-order valence-electron chi connectivity index (χ2n) is 3.35. The molecule has 1 N–H and O–H groups in total. The van der Waals surface area contributed by atoms with Crippen molar-refractivity contribution in [3.05, 3.63) is 30.1 Å². The second-order valence-corrected chi connectivity index (χ2v) is 3.35. The Hall–Kier alpha value is -0.0600. The smallest absolute Gasteiger partial charge is 0.0543 e. The summed E-state index contributed by atoms with van der Waals surface area (Å²) in [5.41, 5.74) is 1.17. The van der Waals surface area contributed by atoms with E-state index in [9.17, 15) is 0 Å². The molecule has 0 atom stereocenters. The Kier molecular flexibility index (Phi) is 11.6. The highest BCUT2D eigenvalue weighted by Gasteiger charge is 2.09. The van der Waals surface area contributed by atoms with Gasteiger partial charge in [0, 0.05) is 38.9 Å². The van der Waals surface area contributed by atoms with Gasteiger partial charge in [-0.15, -0.1) is 37.2 Å². The van der Waals surface area contributed by atoms with Crippen LogP contribution in [0.1, 0.15) is 5.69 Å². The number of pyridine rings is 1. The maximum Gasteiger partial charge on any atom is 0.0543 e. The fraction of sp³-hybridized carbons (Fsp3) is 0.500. The third kappa shape index (κ3) is 5.87. The molecule has 1 saturated heterocycles. The molecule has 1 aliphatic rings. The lowest BCUT2D eigenvalue weighted by Crippen LogP contribution is -2.43. The molecule has 0 amide bonds. The lowest BCUT2D eigenvalue weighted by molar-refractivity contribution is 0.231. The fourth-order valence-electron chi connectivity index (χ4n) is 1.59. The van der Waals surface area contributed by atoms with E-state index in [4.69, 9.17) is 0 Å². The van der Waals surface area contributed by atoms with Crippen LogP contribution in [-0.2, 0) is 6.54 Å². The first-order chi connectivity index (χ1) is 6.45. The molecule has 0 aliphatic carbocycles. The zero-order valence-corrected chi connectivity index (χ0v) is 11.4. The molecule has 2 rings (SSSR count). The van der Waals surface area contributed by atoms with E-state index in [1.54, 1.807) is 0 Å². The number of nitrogens with zero attached hydrogens (tertiary/aromatic N) is 2. The van der Waals surface area contributed by atoms with Crippen molar-refractivity contribution < 1.29 is 0 Å². The Bertz CT molecular complexity index is 253. The molecule has 1 aliphatic heterocycles. The Morgan fingerprint density at radius 1 is 1.12 bits per heavy atom. The molecule has 3 nitrogen and oxygen atoms in total. The molecule has 1 aromatic rings. The third-order valence-corrected chi connectivity index (χ3v) is 2.32. The lowest BCUT2D eigenvalue weighted by atomic mass is 10.3. The summed E-state index contributed by atoms with van der Waals surface area (Å²) in [6.07, 6.45) is 1.86. The Labute approximate surface area is 115 Å². The highest BCUT2D eigenvalue weighted by molar-refractivity contribution is 5.86. The van der Waals surface area contributed by atoms with E-state index in [1.807, 2.05) is 18.3 Å². The van der Waals surface area contributed by atoms with Crippen LogP contribution in [0.3, 0.4) is 0 Å². The molecule has 1 fully saturated rings. The van der Waals surface area contributed by atoms with Gasteiger partial charge in [0.2, 0.25) is 0 Å². The van der Waals surface area contributed by atoms with Crippen LogP contribution < -0.4 is 5.32 Å². The highest BCUT2D eigenvalue weighted by Crippen LogP contribution is 2.01. The van der Waals surface area contributed by atoms with Crippen molar-refractivity contribution >= 4 is 37.2 Å². The second kappa shape index (κ2) is 10.1. The molecule has 1 aromatic heterocycles. The highest BCUT2D eigenvalue weighted by atomic mass is 35.5. The minimum Gasteiger partial charge on any atom is -0.314 e. The van der Waals surface area contributed by atoms with Gasteiger partial charge in [-0.05, 0) is 12.1 Å². The molecule has 0 aromatic carbocycles. The Morgan fingerprint density at radius 2 is 1.81 bits per heavy atom. The average molecular weight is 287 g/mol. The van der Waals surface area contributed by atoms with Crippen molar-refractivity contribution in [2.75, 3.05) is 26.2 Å². The van der Waals surface area contributed by atoms with E-state index < -0.39 is 0 Å². The molecule has 94 valence electrons. The van der Waals surface area contributed by atoms with Crippen LogP contribution >= 0.6 is 37.2 Å². The molecule has 0 unspecified atom stereocenters. The van der Waals surface area contributed by atoms with Crippen LogP contribution in [0, 0.1) is 0 Å². The van der Waals surface area contributed by atoms with Crippen molar-refractivity contribution in [1.82, 2.24) is 15.2 Å². The van der Waals surface area contributed by atoms with E-state index in [1.165, 1.54) is 5.69 Å². The number of piperazine rings is 1. The number of hydrogen-bond acceptors (Lipinski definition) is 3. The standard InChI is InChI=1S/C10H15N3.3ClH/c1-2-4-12-10(3-1)9-13-7-5-11-6-8-13;;;/h1-4,11H,5-9H2;3*1H. The van der Waals surface area contributed by atoms with Gasteiger partial charge in [0.25, 0.3) is 0 Å². The van der Waals surface area contributed by atoms with Crippen molar-refractivity contribution in [3.63, 3.8) is 0 Å². The molecular weight excluding hydrogens is 268 g/mol. The number of rotatable bonds is 2. The summed E-state index contributed by atoms with van der Waals surface area (Å²) in [5, 5.41) is 3.34. The van der Waals surface area contributed by atoms with Crippen LogP contribution in [0.2, 0.25) is 0 Å². The first-order valence-corrected chi connectivity index (χ1v) is 4.78. The van der Waals surface area contributed by atoms with Crippen LogP contribution in [-0.4, -0.2) is 36.1 Å². The summed E-state index contributed by atoms with van der Waals surface area (Å²) in [5.74, 6) is 0. The predicted molar refractivity (Wildman–Crippen MR) is 74.1 cm³/mol. The minimum absolute atomic E-state index is 0. The van der Waals surface area contributed by atoms with Gasteiger partial charge in [-0.2, -0.15) is 0 Å². The first kappa shape index (κ1) is 18.3. The third-order valence-electron chi connectivity index (χ3n) is 2.32. The topological polar surface area (TPSA) is 28.2 Å². The van der Waals surface area contributed by atoms with Gasteiger partial charge >= 0.3 is 0 Å². The van der Waals surface area contributed by atoms with E-state index in [0.29, 0.717) is 0 Å². The SMILES string of the molecule is Cl.Cl.Cl.c1ccc(CN2CCNCC2)nc1. The number of aromatic nitrogens is 1. The maximum atomic E-state index is 4.31. The summed E-state index contributed by atoms with van der Waals surface area (Å²) >= 11 is 0. The van der Waals surface area contributed by atoms with Crippen molar-refractivity contribution in [2.24, 2.45) is 0 Å². The van der Waals surface area contributed by atoms with Crippen LogP contribution in [0.4, 0.5) is 0 Å². The zero-order valence-electron chi connectivity index (χ0n) is 8.96. The van der Waals surface area contributed by atoms with Gasteiger partial charge in [-0.1, -0.05) is 6.07 Å². The maximum absolute atomic E-state index is 4.31. The molecule has 16 heavy (non-hydrogen) atoms. The van der Waals surface area contributed by atoms with E-state index in [-0.39, 0.29) is 37.2 Å². The summed E-state index contributed by atoms with van der Waals surface area (Å²) in [6.45, 7) is 5.47. The van der Waals surface area contributed by atoms with Crippen LogP contribution in [0.5, 0.6) is 0 Å². The van der Waals surface area contributed by atoms with Crippen molar-refractivity contribution in [2.45, 2.75) is 6.54 Å². The number of nitrogens with one attached hydrogen (secondary N) is 1. The molecule has 0 saturated carbocycles. The number of halogens is 3. The zero-order chi connectivity index (χ0) is 8.93. The van der Waals surface area contributed by atoms with Crippen LogP contribution in [0.25, 0.3) is 0 Å². The summed E-state index contributed by atoms with van der Waals surface area (Å²) in [4.78, 5) is 6.74. The molecule has 0 spiro atoms. The monoisotopic (exact) mass is 285 g/mol. The largest absolute Gasteiger partial charge is 0.314 e. The minimum atomic E-state index is 0. The molecule has 6 heteroatoms. The average Bonchev–Trinajstić information content (AvgIpc) is 2.21. The first-order valence-electron chi connectivity index (χ1n) is 4.78. The van der Waals surface area contributed by atoms with Gasteiger partial charge in [0.15, 0.2) is 0 Å². The Morgan fingerprint density at radius 3 is 2.38 bits per heavy atom. The van der Waals surface area contributed by atoms with Crippen molar-refractivity contribution in [3.8, 4) is 0 Å². The quantitative estimate of drug-likeness (QED) is 0.898. The van der Waals surface area contributed by atoms with Gasteiger partial charge in [-0.25, -0.2) is 0 Å². The van der Waals surface area contributed by atoms with Crippen molar-refractivity contribution in [1.29, 1.82) is 0 Å². The van der Waals surface area contributed by atoms with Gasteiger partial charge in [0.05, 0.1) is 5.69 Å². The summed E-state index contributed by atoms with van der Waals surface area (Å²) < 4.78 is 0. The Balaban J connectivity index is 0. The van der Waals surface area contributed by atoms with E-state index in [2.05, 4.69) is 21.3 Å². The van der Waals surface area contributed by atoms with Gasteiger partial charge < -0.3 is 5.32 Å². The summed E-state index contributed by atoms with van der Waals surface area (Å²) in [6, 6.07) is 6.09. The summed E-state index contributed by atoms with van der Waals surface area (Å²) in [7, 11) is 0. The normalized spacial score (nSPS) is 15.2. The van der Waals surface area contributed by atoms with E-state index >= 15 is 0 Å². The fourth-order valence-corrected chi connectivity index (χ4v) is 1.59. The molecule has 2 heterocycles. The number of hydrogen-bond donors (Lipinski definition) is 1. The van der Waals surface area contributed by atoms with Crippen LogP contribution in [0.15, 0.2) is 24.4 Å². The van der Waals surface area contributed by atoms with Gasteiger partial charge in [-0.3, -0.25) is 9.88 Å². The van der Waals surface area contributed by atoms with Gasteiger partial charge in [0.1, 0.15) is 0 Å². The lowest BCUT2D eigenvalue weighted by Gasteiger charge is -2.26. The molecular formula is C10H18Cl3N3.